The number of allylic oxidation sites excluding steroid dienone is 1. The Labute approximate surface area is 180 Å². The fourth-order valence-electron chi connectivity index (χ4n) is 2.97. The lowest BCUT2D eigenvalue weighted by molar-refractivity contribution is -0.137. The minimum atomic E-state index is -0.806. The minimum absolute atomic E-state index is 0.141. The Balaban J connectivity index is 1.68. The first-order valence-electron chi connectivity index (χ1n) is 9.83. The molecule has 0 saturated heterocycles. The fourth-order valence-corrected chi connectivity index (χ4v) is 2.97. The van der Waals surface area contributed by atoms with Gasteiger partial charge in [-0.1, -0.05) is 18.1 Å². The summed E-state index contributed by atoms with van der Waals surface area (Å²) in [4.78, 5) is 31.3. The predicted octanol–water partition coefficient (Wildman–Crippen LogP) is 4.49. The topological polar surface area (TPSA) is 104 Å². The van der Waals surface area contributed by atoms with Crippen LogP contribution in [0.4, 0.5) is 17.2 Å². The summed E-state index contributed by atoms with van der Waals surface area (Å²) in [5.74, 6) is 2.14. The number of hydrogen-bond acceptors (Lipinski definition) is 5. The molecule has 0 unspecified atom stereocenters. The second kappa shape index (κ2) is 10.6. The van der Waals surface area contributed by atoms with Crippen molar-refractivity contribution in [2.75, 3.05) is 10.6 Å². The molecule has 1 heterocycles. The van der Waals surface area contributed by atoms with Crippen molar-refractivity contribution in [3.8, 4) is 12.3 Å². The number of carboxylic acids is 1. The second-order valence-electron chi connectivity index (χ2n) is 6.84. The van der Waals surface area contributed by atoms with Gasteiger partial charge in [0.25, 0.3) is 0 Å². The number of nitrogens with one attached hydrogen (secondary N) is 2. The number of benzene rings is 2. The van der Waals surface area contributed by atoms with E-state index >= 15 is 0 Å². The van der Waals surface area contributed by atoms with E-state index in [0.29, 0.717) is 24.3 Å². The molecule has 0 saturated carbocycles. The number of carbonyl (C=O) groups excluding carboxylic acids is 1. The van der Waals surface area contributed by atoms with Gasteiger partial charge in [-0.2, -0.15) is 0 Å². The molecule has 0 aliphatic rings. The summed E-state index contributed by atoms with van der Waals surface area (Å²) in [6, 6.07) is 12.8. The molecule has 0 aliphatic heterocycles. The maximum absolute atomic E-state index is 12.2. The number of aromatic nitrogens is 2. The molecule has 0 radical (unpaired) electrons. The Kier molecular flexibility index (Phi) is 7.33. The number of terminal acetylenes is 1. The van der Waals surface area contributed by atoms with Gasteiger partial charge in [-0.05, 0) is 61.7 Å². The van der Waals surface area contributed by atoms with Crippen molar-refractivity contribution >= 4 is 40.0 Å². The van der Waals surface area contributed by atoms with Crippen LogP contribution in [0.5, 0.6) is 0 Å². The van der Waals surface area contributed by atoms with Crippen LogP contribution in [0.2, 0.25) is 0 Å². The van der Waals surface area contributed by atoms with Gasteiger partial charge in [-0.25, -0.2) is 9.97 Å². The van der Waals surface area contributed by atoms with E-state index in [9.17, 15) is 9.59 Å². The number of anilines is 3. The number of fused-ring (bicyclic) bond motifs is 1. The number of nitrogens with zero attached hydrogens (tertiary/aromatic N) is 2. The van der Waals surface area contributed by atoms with E-state index in [1.165, 1.54) is 12.4 Å². The maximum Gasteiger partial charge on any atom is 0.303 e. The molecule has 1 amide bonds. The number of carbonyl (C=O) groups is 2. The summed E-state index contributed by atoms with van der Waals surface area (Å²) in [5, 5.41) is 15.4. The molecule has 3 N–H and O–H groups in total. The second-order valence-corrected chi connectivity index (χ2v) is 6.84. The van der Waals surface area contributed by atoms with Crippen LogP contribution < -0.4 is 10.6 Å². The van der Waals surface area contributed by atoms with Crippen molar-refractivity contribution in [2.24, 2.45) is 0 Å². The smallest absolute Gasteiger partial charge is 0.303 e. The van der Waals surface area contributed by atoms with Crippen molar-refractivity contribution in [2.45, 2.75) is 25.7 Å². The highest BCUT2D eigenvalue weighted by molar-refractivity contribution is 6.01. The lowest BCUT2D eigenvalue weighted by Gasteiger charge is -2.10. The predicted molar refractivity (Wildman–Crippen MR) is 121 cm³/mol. The molecule has 0 bridgehead atoms. The Morgan fingerprint density at radius 1 is 1.10 bits per heavy atom. The van der Waals surface area contributed by atoms with Crippen molar-refractivity contribution in [1.82, 2.24) is 9.97 Å². The van der Waals surface area contributed by atoms with Gasteiger partial charge < -0.3 is 15.7 Å². The zero-order valence-electron chi connectivity index (χ0n) is 16.8. The third kappa shape index (κ3) is 6.41. The average molecular weight is 414 g/mol. The first-order valence-corrected chi connectivity index (χ1v) is 9.83. The summed E-state index contributed by atoms with van der Waals surface area (Å²) in [7, 11) is 0. The average Bonchev–Trinajstić information content (AvgIpc) is 2.76. The quantitative estimate of drug-likeness (QED) is 0.271. The number of unbranched alkanes of at least 4 members (excludes halogenated alkanes) is 2. The molecule has 7 heteroatoms. The van der Waals surface area contributed by atoms with E-state index in [1.54, 1.807) is 18.2 Å². The summed E-state index contributed by atoms with van der Waals surface area (Å²) in [6.07, 6.45) is 12.2. The molecule has 0 aliphatic carbocycles. The van der Waals surface area contributed by atoms with Crippen molar-refractivity contribution in [3.63, 3.8) is 0 Å². The highest BCUT2D eigenvalue weighted by Crippen LogP contribution is 2.26. The van der Waals surface area contributed by atoms with Crippen LogP contribution in [0.3, 0.4) is 0 Å². The van der Waals surface area contributed by atoms with Crippen LogP contribution in [-0.4, -0.2) is 27.0 Å². The molecule has 156 valence electrons. The van der Waals surface area contributed by atoms with Gasteiger partial charge in [-0.15, -0.1) is 6.42 Å². The molecular formula is C24H22N4O3. The standard InChI is InChI=1S/C24H22N4O3/c1-2-17-8-7-9-18(14-17)28-24-20-15-19(12-13-21(20)25-16-26-24)27-22(29)10-5-3-4-6-11-23(30)31/h1,5,7-10,12-16H,3-4,6,11H2,(H,27,29)(H,30,31)(H,25,26,28)/b10-5+. The van der Waals surface area contributed by atoms with Gasteiger partial charge in [-0.3, -0.25) is 9.59 Å². The van der Waals surface area contributed by atoms with Crippen molar-refractivity contribution in [3.05, 3.63) is 66.5 Å². The molecule has 0 fully saturated rings. The first-order chi connectivity index (χ1) is 15.0. The van der Waals surface area contributed by atoms with Crippen LogP contribution in [0.15, 0.2) is 60.9 Å². The molecule has 31 heavy (non-hydrogen) atoms. The molecule has 1 aromatic heterocycles. The fraction of sp³-hybridized carbons (Fsp3) is 0.167. The van der Waals surface area contributed by atoms with Gasteiger partial charge >= 0.3 is 5.97 Å². The molecule has 0 atom stereocenters. The number of amides is 1. The Hall–Kier alpha value is -4.18. The number of rotatable bonds is 9. The normalized spacial score (nSPS) is 10.7. The van der Waals surface area contributed by atoms with Gasteiger partial charge in [0.1, 0.15) is 12.1 Å². The Morgan fingerprint density at radius 2 is 1.97 bits per heavy atom. The van der Waals surface area contributed by atoms with Crippen LogP contribution in [0.25, 0.3) is 10.9 Å². The van der Waals surface area contributed by atoms with E-state index < -0.39 is 5.97 Å². The highest BCUT2D eigenvalue weighted by Gasteiger charge is 2.07. The molecule has 3 rings (SSSR count). The van der Waals surface area contributed by atoms with Crippen molar-refractivity contribution in [1.29, 1.82) is 0 Å². The van der Waals surface area contributed by atoms with E-state index in [1.807, 2.05) is 30.3 Å². The summed E-state index contributed by atoms with van der Waals surface area (Å²) in [6.45, 7) is 0. The van der Waals surface area contributed by atoms with Crippen LogP contribution in [0, 0.1) is 12.3 Å². The van der Waals surface area contributed by atoms with Gasteiger partial charge in [0.05, 0.1) is 5.52 Å². The third-order valence-corrected chi connectivity index (χ3v) is 4.48. The van der Waals surface area contributed by atoms with Crippen molar-refractivity contribution < 1.29 is 14.7 Å². The molecule has 0 spiro atoms. The van der Waals surface area contributed by atoms with Gasteiger partial charge in [0.15, 0.2) is 0 Å². The van der Waals surface area contributed by atoms with E-state index in [0.717, 1.165) is 28.6 Å². The largest absolute Gasteiger partial charge is 0.481 e. The van der Waals surface area contributed by atoms with E-state index in [4.69, 9.17) is 11.5 Å². The number of hydrogen-bond donors (Lipinski definition) is 3. The monoisotopic (exact) mass is 414 g/mol. The number of carboxylic acid groups (broad SMARTS) is 1. The molecular weight excluding hydrogens is 392 g/mol. The number of aliphatic carboxylic acids is 1. The third-order valence-electron chi connectivity index (χ3n) is 4.48. The Bertz CT molecular complexity index is 1160. The van der Waals surface area contributed by atoms with Crippen LogP contribution in [0.1, 0.15) is 31.2 Å². The molecule has 7 nitrogen and oxygen atoms in total. The summed E-state index contributed by atoms with van der Waals surface area (Å²) in [5.41, 5.74) is 2.91. The van der Waals surface area contributed by atoms with E-state index in [-0.39, 0.29) is 12.3 Å². The van der Waals surface area contributed by atoms with E-state index in [2.05, 4.69) is 26.5 Å². The molecule has 2 aromatic carbocycles. The first kappa shape index (κ1) is 21.5. The zero-order valence-corrected chi connectivity index (χ0v) is 16.8. The Morgan fingerprint density at radius 3 is 2.77 bits per heavy atom. The zero-order chi connectivity index (χ0) is 22.1. The summed E-state index contributed by atoms with van der Waals surface area (Å²) < 4.78 is 0. The highest BCUT2D eigenvalue weighted by atomic mass is 16.4. The van der Waals surface area contributed by atoms with Crippen LogP contribution >= 0.6 is 0 Å². The summed E-state index contributed by atoms with van der Waals surface area (Å²) >= 11 is 0. The lowest BCUT2D eigenvalue weighted by atomic mass is 10.1. The minimum Gasteiger partial charge on any atom is -0.481 e. The van der Waals surface area contributed by atoms with Gasteiger partial charge in [0, 0.05) is 28.7 Å². The SMILES string of the molecule is C#Cc1cccc(Nc2ncnc3ccc(NC(=O)/C=C/CCCCC(=O)O)cc23)c1. The van der Waals surface area contributed by atoms with Gasteiger partial charge in [0.2, 0.25) is 5.91 Å². The molecule has 3 aromatic rings. The maximum atomic E-state index is 12.2. The van der Waals surface area contributed by atoms with Crippen LogP contribution in [-0.2, 0) is 9.59 Å². The lowest BCUT2D eigenvalue weighted by Crippen LogP contribution is -2.08.